The van der Waals surface area contributed by atoms with Gasteiger partial charge in [0, 0.05) is 17.2 Å². The van der Waals surface area contributed by atoms with Gasteiger partial charge in [0.1, 0.15) is 16.3 Å². The summed E-state index contributed by atoms with van der Waals surface area (Å²) in [5, 5.41) is 45.2. The Morgan fingerprint density at radius 1 is 0.889 bits per heavy atom. The summed E-state index contributed by atoms with van der Waals surface area (Å²) < 4.78 is 97.5. The van der Waals surface area contributed by atoms with Crippen LogP contribution in [0.4, 0.5) is 28.4 Å². The number of azo groups is 2. The topological polar surface area (TPSA) is 328 Å². The Bertz CT molecular complexity index is 2490. The molecule has 0 aromatic heterocycles. The second kappa shape index (κ2) is 17.9. The van der Waals surface area contributed by atoms with Crippen LogP contribution in [0.1, 0.15) is 0 Å². The van der Waals surface area contributed by atoms with E-state index in [2.05, 4.69) is 49.6 Å². The fourth-order valence-corrected chi connectivity index (χ4v) is 7.15. The smallest absolute Gasteiger partial charge is 0.433 e. The highest BCUT2D eigenvalue weighted by molar-refractivity contribution is 8.04. The lowest BCUT2D eigenvalue weighted by molar-refractivity contribution is -0.432. The zero-order valence-corrected chi connectivity index (χ0v) is 30.9. The molecule has 4 aromatic rings. The summed E-state index contributed by atoms with van der Waals surface area (Å²) in [6.07, 6.45) is 1.89. The number of anilines is 1. The number of nitroso groups, excluding NO2 is 1. The van der Waals surface area contributed by atoms with Crippen LogP contribution in [0.25, 0.3) is 10.8 Å². The summed E-state index contributed by atoms with van der Waals surface area (Å²) in [4.78, 5) is 14.0. The maximum Gasteiger partial charge on any atom is 0.433 e. The van der Waals surface area contributed by atoms with E-state index in [1.807, 2.05) is 6.11 Å². The Morgan fingerprint density at radius 2 is 1.50 bits per heavy atom. The first kappa shape index (κ1) is 41.8. The van der Waals surface area contributed by atoms with Crippen LogP contribution in [0.2, 0.25) is 0 Å². The van der Waals surface area contributed by atoms with Crippen LogP contribution in [-0.4, -0.2) is 69.1 Å². The predicted molar refractivity (Wildman–Crippen MR) is 190 cm³/mol. The third-order valence-corrected chi connectivity index (χ3v) is 10.6. The van der Waals surface area contributed by atoms with E-state index in [4.69, 9.17) is 15.5 Å². The van der Waals surface area contributed by atoms with Gasteiger partial charge in [0.2, 0.25) is 0 Å². The number of hydrogen-bond donors (Lipinski definition) is 5. The van der Waals surface area contributed by atoms with Crippen LogP contribution in [0, 0.1) is 16.3 Å². The van der Waals surface area contributed by atoms with Crippen molar-refractivity contribution in [2.24, 2.45) is 25.7 Å². The van der Waals surface area contributed by atoms with E-state index in [9.17, 15) is 39.8 Å². The summed E-state index contributed by atoms with van der Waals surface area (Å²) in [6, 6.07) is 13.0. The average molecular weight is 846 g/mol. The second-order valence-electron chi connectivity index (χ2n) is 10.1. The number of hydrogen-bond acceptors (Lipinski definition) is 21. The lowest BCUT2D eigenvalue weighted by atomic mass is 10.1. The van der Waals surface area contributed by atoms with E-state index < -0.39 is 58.1 Å². The number of thioether (sulfide) groups is 1. The van der Waals surface area contributed by atoms with Gasteiger partial charge >= 0.3 is 10.4 Å². The molecule has 0 bridgehead atoms. The predicted octanol–water partition coefficient (Wildman–Crippen LogP) is 5.78. The third kappa shape index (κ3) is 11.3. The van der Waals surface area contributed by atoms with E-state index in [1.54, 1.807) is 0 Å². The Balaban J connectivity index is 1.71. The molecule has 0 aliphatic carbocycles. The van der Waals surface area contributed by atoms with Crippen molar-refractivity contribution < 1.29 is 63.3 Å². The van der Waals surface area contributed by atoms with Gasteiger partial charge in [-0.1, -0.05) is 5.04 Å². The van der Waals surface area contributed by atoms with E-state index >= 15 is 0 Å². The number of nitrogens with zero attached hydrogens (tertiary/aromatic N) is 6. The molecule has 0 radical (unpaired) electrons. The van der Waals surface area contributed by atoms with Crippen molar-refractivity contribution in [3.8, 4) is 17.1 Å². The second-order valence-corrected chi connectivity index (χ2v) is 16.2. The van der Waals surface area contributed by atoms with Crippen molar-refractivity contribution in [3.05, 3.63) is 65.6 Å². The number of nitrogens with two attached hydrogens (primary N) is 1. The summed E-state index contributed by atoms with van der Waals surface area (Å²) in [5.41, 5.74) is 5.15. The molecular formula is C27H23N7O15S5. The number of sulfone groups is 1. The first-order valence-electron chi connectivity index (χ1n) is 14.0. The normalized spacial score (nSPS) is 12.2. The Morgan fingerprint density at radius 3 is 2.07 bits per heavy atom. The highest BCUT2D eigenvalue weighted by Gasteiger charge is 2.25. The van der Waals surface area contributed by atoms with E-state index in [1.165, 1.54) is 61.6 Å². The fourth-order valence-electron chi connectivity index (χ4n) is 4.11. The molecule has 0 aliphatic rings. The van der Waals surface area contributed by atoms with Crippen LogP contribution in [0.5, 0.6) is 5.75 Å². The highest BCUT2D eigenvalue weighted by atomic mass is 32.3. The van der Waals surface area contributed by atoms with Gasteiger partial charge in [-0.3, -0.25) is 19.0 Å². The molecule has 0 saturated carbocycles. The number of benzene rings is 4. The number of rotatable bonds is 16. The van der Waals surface area contributed by atoms with Gasteiger partial charge in [0.05, 0.1) is 61.9 Å². The maximum absolute atomic E-state index is 12.6. The van der Waals surface area contributed by atoms with Crippen LogP contribution in [0.3, 0.4) is 0 Å². The molecule has 0 atom stereocenters. The Labute approximate surface area is 313 Å². The van der Waals surface area contributed by atoms with Crippen molar-refractivity contribution in [2.75, 3.05) is 25.1 Å². The molecule has 54 heavy (non-hydrogen) atoms. The van der Waals surface area contributed by atoms with Crippen LogP contribution >= 0.6 is 23.8 Å². The summed E-state index contributed by atoms with van der Waals surface area (Å²) in [6.45, 7) is -0.158. The maximum atomic E-state index is 12.6. The standard InChI is InChI=1S/C27H23N7O15S5/c1-34(33-36)10-13-52(38,39)20-8-4-18(5-9-20)30-32-26-22(53(40,41)42)15-16-14-21(51-48-47-37)25(27(35)23(16)24(26)28)31-29-17-2-6-19(7-3-17)50-12-11-46-49-54(43,44)45/h2-9,14-15,35,37H,10,13,28H2,1H3,(H,40,41,42)(H,43,44,45). The van der Waals surface area contributed by atoms with Crippen molar-refractivity contribution in [3.63, 3.8) is 0 Å². The Kier molecular flexibility index (Phi) is 13.8. The number of phenolic OH excluding ortho intramolecular Hbond substituents is 1. The quantitative estimate of drug-likeness (QED) is 0.0103. The van der Waals surface area contributed by atoms with Gasteiger partial charge in [-0.15, -0.1) is 19.5 Å². The third-order valence-electron chi connectivity index (χ3n) is 6.51. The van der Waals surface area contributed by atoms with E-state index in [-0.39, 0.29) is 44.2 Å². The first-order valence-corrected chi connectivity index (χ1v) is 20.0. The number of phenols is 1. The highest BCUT2D eigenvalue weighted by Crippen LogP contribution is 2.49. The van der Waals surface area contributed by atoms with Crippen molar-refractivity contribution in [1.82, 2.24) is 5.01 Å². The number of aromatic hydroxyl groups is 1. The molecule has 0 heterocycles. The minimum absolute atomic E-state index is 0.0315. The summed E-state index contributed by atoms with van der Waals surface area (Å²) >= 11 is 1.21. The van der Waals surface area contributed by atoms with Crippen molar-refractivity contribution >= 4 is 93.4 Å². The zero-order chi connectivity index (χ0) is 39.7. The largest absolute Gasteiger partial charge is 0.505 e. The molecule has 0 saturated heterocycles. The number of fused-ring (bicyclic) bond motifs is 1. The fraction of sp³-hybridized carbons (Fsp3) is 0.111. The van der Waals surface area contributed by atoms with Gasteiger partial charge < -0.3 is 10.8 Å². The molecule has 286 valence electrons. The van der Waals surface area contributed by atoms with Gasteiger partial charge in [0.15, 0.2) is 21.7 Å². The molecule has 0 spiro atoms. The van der Waals surface area contributed by atoms with Gasteiger partial charge in [-0.2, -0.15) is 27.1 Å². The molecule has 6 N–H and O–H groups in total. The molecule has 0 aliphatic heterocycles. The molecule has 22 nitrogen and oxygen atoms in total. The van der Waals surface area contributed by atoms with Crippen LogP contribution < -0.4 is 5.73 Å². The zero-order valence-electron chi connectivity index (χ0n) is 26.8. The van der Waals surface area contributed by atoms with Gasteiger partial charge in [-0.25, -0.2) is 13.7 Å². The molecular weight excluding hydrogens is 823 g/mol. The van der Waals surface area contributed by atoms with Crippen molar-refractivity contribution in [2.45, 2.75) is 19.6 Å². The van der Waals surface area contributed by atoms with Crippen LogP contribution in [0.15, 0.2) is 106 Å². The molecule has 4 aromatic carbocycles. The number of nitrogen functional groups attached to an aromatic ring is 1. The van der Waals surface area contributed by atoms with E-state index in [0.29, 0.717) is 16.9 Å². The average Bonchev–Trinajstić information content (AvgIpc) is 3.11. The van der Waals surface area contributed by atoms with Crippen molar-refractivity contribution in [1.29, 1.82) is 0 Å². The SMILES string of the molecule is CN(CCS(=O)(=O)c1ccc(N=Nc2c(S(=O)(=O)O)cc3cc(SOOO)c(N=Nc4ccc(SC#COOS(=O)(=O)O)cc4)c(O)c3c2N)cc1)N=O. The summed E-state index contributed by atoms with van der Waals surface area (Å²) in [7, 11) is -12.4. The lowest BCUT2D eigenvalue weighted by Gasteiger charge is -2.14. The monoisotopic (exact) mass is 845 g/mol. The van der Waals surface area contributed by atoms with E-state index in [0.717, 1.165) is 22.8 Å². The van der Waals surface area contributed by atoms with Gasteiger partial charge in [0.25, 0.3) is 10.1 Å². The molecule has 4 rings (SSSR count). The minimum atomic E-state index is -5.04. The summed E-state index contributed by atoms with van der Waals surface area (Å²) in [5.74, 6) is -1.10. The Hall–Kier alpha value is -4.99. The minimum Gasteiger partial charge on any atom is -0.505 e. The molecule has 0 fully saturated rings. The first-order chi connectivity index (χ1) is 25.4. The lowest BCUT2D eigenvalue weighted by Crippen LogP contribution is -2.20. The molecule has 0 amide bonds. The van der Waals surface area contributed by atoms with Crippen LogP contribution in [-0.2, 0) is 48.9 Å². The van der Waals surface area contributed by atoms with Gasteiger partial charge in [-0.05, 0) is 82.1 Å². The molecule has 27 heteroatoms. The molecule has 0 unspecified atom stereocenters.